The third-order valence-electron chi connectivity index (χ3n) is 1.80. The maximum Gasteiger partial charge on any atom is 0.125 e. The van der Waals surface area contributed by atoms with Crippen LogP contribution < -0.4 is 0 Å². The molecule has 2 rings (SSSR count). The smallest absolute Gasteiger partial charge is 0.125 e. The molecule has 66 valence electrons. The van der Waals surface area contributed by atoms with E-state index in [1.54, 1.807) is 6.20 Å². The fraction of sp³-hybridized carbons (Fsp3) is 0.571. The van der Waals surface area contributed by atoms with Crippen LogP contribution in [0, 0.1) is 0 Å². The molecule has 0 radical (unpaired) electrons. The van der Waals surface area contributed by atoms with Crippen LogP contribution in [0.2, 0.25) is 4.34 Å². The minimum atomic E-state index is -0.638. The van der Waals surface area contributed by atoms with Crippen LogP contribution in [-0.2, 0) is 6.54 Å². The summed E-state index contributed by atoms with van der Waals surface area (Å²) in [5.41, 5.74) is 0. The van der Waals surface area contributed by atoms with Crippen molar-refractivity contribution in [1.82, 2.24) is 9.88 Å². The summed E-state index contributed by atoms with van der Waals surface area (Å²) in [6, 6.07) is 0. The van der Waals surface area contributed by atoms with Crippen molar-refractivity contribution < 1.29 is 4.39 Å². The molecule has 1 fully saturated rings. The number of hydrogen-bond acceptors (Lipinski definition) is 3. The Morgan fingerprint density at radius 3 is 3.00 bits per heavy atom. The lowest BCUT2D eigenvalue weighted by Gasteiger charge is -2.33. The zero-order chi connectivity index (χ0) is 8.55. The van der Waals surface area contributed by atoms with E-state index in [0.717, 1.165) is 11.6 Å². The lowest BCUT2D eigenvalue weighted by Crippen LogP contribution is -2.47. The van der Waals surface area contributed by atoms with Gasteiger partial charge >= 0.3 is 0 Å². The van der Waals surface area contributed by atoms with Crippen LogP contribution in [0.15, 0.2) is 6.20 Å². The zero-order valence-corrected chi connectivity index (χ0v) is 7.91. The average molecular weight is 207 g/mol. The van der Waals surface area contributed by atoms with Crippen LogP contribution in [0.3, 0.4) is 0 Å². The number of hydrogen-bond donors (Lipinski definition) is 0. The lowest BCUT2D eigenvalue weighted by molar-refractivity contribution is 0.0590. The number of aromatic nitrogens is 1. The summed E-state index contributed by atoms with van der Waals surface area (Å²) in [6.07, 6.45) is 0.995. The quantitative estimate of drug-likeness (QED) is 0.736. The normalized spacial score (nSPS) is 19.5. The third-order valence-corrected chi connectivity index (χ3v) is 2.90. The molecular weight excluding hydrogens is 199 g/mol. The monoisotopic (exact) mass is 206 g/mol. The van der Waals surface area contributed by atoms with Gasteiger partial charge in [-0.1, -0.05) is 11.6 Å². The van der Waals surface area contributed by atoms with E-state index in [1.807, 2.05) is 4.90 Å². The number of alkyl halides is 1. The number of halogens is 2. The van der Waals surface area contributed by atoms with Crippen molar-refractivity contribution >= 4 is 22.9 Å². The van der Waals surface area contributed by atoms with E-state index in [0.29, 0.717) is 17.4 Å². The minimum Gasteiger partial charge on any atom is -0.291 e. The third kappa shape index (κ3) is 1.76. The van der Waals surface area contributed by atoms with Crippen molar-refractivity contribution in [3.05, 3.63) is 15.5 Å². The second-order valence-corrected chi connectivity index (χ2v) is 4.60. The molecule has 2 heterocycles. The molecule has 1 aromatic rings. The van der Waals surface area contributed by atoms with E-state index in [-0.39, 0.29) is 0 Å². The molecule has 1 saturated heterocycles. The first kappa shape index (κ1) is 8.41. The summed E-state index contributed by atoms with van der Waals surface area (Å²) in [6.45, 7) is 1.81. The van der Waals surface area contributed by atoms with Crippen molar-refractivity contribution in [2.45, 2.75) is 12.7 Å². The van der Waals surface area contributed by atoms with Gasteiger partial charge in [-0.25, -0.2) is 9.37 Å². The Labute approximate surface area is 79.0 Å². The van der Waals surface area contributed by atoms with Gasteiger partial charge in [0.2, 0.25) is 0 Å². The van der Waals surface area contributed by atoms with Crippen molar-refractivity contribution in [3.8, 4) is 0 Å². The van der Waals surface area contributed by atoms with Gasteiger partial charge in [0.05, 0.1) is 12.7 Å². The molecule has 0 atom stereocenters. The Morgan fingerprint density at radius 2 is 2.50 bits per heavy atom. The second-order valence-electron chi connectivity index (χ2n) is 2.85. The molecule has 0 aliphatic carbocycles. The molecule has 0 aromatic carbocycles. The Morgan fingerprint density at radius 1 is 1.75 bits per heavy atom. The lowest BCUT2D eigenvalue weighted by atomic mass is 10.2. The molecule has 0 amide bonds. The first-order valence-electron chi connectivity index (χ1n) is 3.70. The van der Waals surface area contributed by atoms with Crippen molar-refractivity contribution in [2.24, 2.45) is 0 Å². The molecule has 0 N–H and O–H groups in total. The van der Waals surface area contributed by atoms with Gasteiger partial charge in [0, 0.05) is 13.1 Å². The Hall–Kier alpha value is -0.190. The highest BCUT2D eigenvalue weighted by Gasteiger charge is 2.26. The van der Waals surface area contributed by atoms with Gasteiger partial charge in [0.15, 0.2) is 0 Å². The SMILES string of the molecule is FC1CN(Cc2ncc(Cl)s2)C1. The fourth-order valence-electron chi connectivity index (χ4n) is 1.19. The van der Waals surface area contributed by atoms with Crippen LogP contribution in [0.4, 0.5) is 4.39 Å². The van der Waals surface area contributed by atoms with Crippen LogP contribution in [-0.4, -0.2) is 29.1 Å². The van der Waals surface area contributed by atoms with Crippen LogP contribution in [0.5, 0.6) is 0 Å². The average Bonchev–Trinajstić information content (AvgIpc) is 2.33. The van der Waals surface area contributed by atoms with Crippen LogP contribution >= 0.6 is 22.9 Å². The molecule has 0 spiro atoms. The predicted octanol–water partition coefficient (Wildman–Crippen LogP) is 1.95. The first-order valence-corrected chi connectivity index (χ1v) is 4.90. The van der Waals surface area contributed by atoms with E-state index >= 15 is 0 Å². The van der Waals surface area contributed by atoms with Crippen LogP contribution in [0.1, 0.15) is 5.01 Å². The highest BCUT2D eigenvalue weighted by molar-refractivity contribution is 7.15. The molecule has 5 heteroatoms. The Kier molecular flexibility index (Phi) is 2.30. The topological polar surface area (TPSA) is 16.1 Å². The largest absolute Gasteiger partial charge is 0.291 e. The zero-order valence-electron chi connectivity index (χ0n) is 6.33. The van der Waals surface area contributed by atoms with Gasteiger partial charge in [0.25, 0.3) is 0 Å². The predicted molar refractivity (Wildman–Crippen MR) is 47.3 cm³/mol. The molecule has 1 aliphatic rings. The number of thiazole rings is 1. The van der Waals surface area contributed by atoms with Crippen molar-refractivity contribution in [3.63, 3.8) is 0 Å². The minimum absolute atomic E-state index is 0.539. The summed E-state index contributed by atoms with van der Waals surface area (Å²) < 4.78 is 13.1. The number of likely N-dealkylation sites (tertiary alicyclic amines) is 1. The molecule has 0 unspecified atom stereocenters. The highest BCUT2D eigenvalue weighted by atomic mass is 35.5. The van der Waals surface area contributed by atoms with Crippen molar-refractivity contribution in [2.75, 3.05) is 13.1 Å². The first-order chi connectivity index (χ1) is 5.74. The summed E-state index contributed by atoms with van der Waals surface area (Å²) in [7, 11) is 0. The standard InChI is InChI=1S/C7H8ClFN2S/c8-6-1-10-7(12-6)4-11-2-5(9)3-11/h1,5H,2-4H2. The summed E-state index contributed by atoms with van der Waals surface area (Å²) in [5, 5.41) is 0.965. The van der Waals surface area contributed by atoms with E-state index < -0.39 is 6.17 Å². The summed E-state index contributed by atoms with van der Waals surface area (Å²) in [4.78, 5) is 6.10. The fourth-order valence-corrected chi connectivity index (χ4v) is 2.19. The molecule has 1 aliphatic heterocycles. The summed E-state index contributed by atoms with van der Waals surface area (Å²) in [5.74, 6) is 0. The maximum absolute atomic E-state index is 12.4. The van der Waals surface area contributed by atoms with Gasteiger partial charge in [0.1, 0.15) is 15.5 Å². The maximum atomic E-state index is 12.4. The van der Waals surface area contributed by atoms with Gasteiger partial charge in [-0.05, 0) is 0 Å². The molecule has 0 bridgehead atoms. The van der Waals surface area contributed by atoms with E-state index in [4.69, 9.17) is 11.6 Å². The molecule has 0 saturated carbocycles. The number of nitrogens with zero attached hydrogens (tertiary/aromatic N) is 2. The van der Waals surface area contributed by atoms with E-state index in [9.17, 15) is 4.39 Å². The highest BCUT2D eigenvalue weighted by Crippen LogP contribution is 2.22. The van der Waals surface area contributed by atoms with E-state index in [2.05, 4.69) is 4.98 Å². The van der Waals surface area contributed by atoms with E-state index in [1.165, 1.54) is 11.3 Å². The molecular formula is C7H8ClFN2S. The van der Waals surface area contributed by atoms with Crippen LogP contribution in [0.25, 0.3) is 0 Å². The van der Waals surface area contributed by atoms with Gasteiger partial charge < -0.3 is 0 Å². The molecule has 1 aromatic heterocycles. The van der Waals surface area contributed by atoms with Gasteiger partial charge in [-0.3, -0.25) is 4.90 Å². The second kappa shape index (κ2) is 3.28. The number of rotatable bonds is 2. The van der Waals surface area contributed by atoms with Gasteiger partial charge in [-0.15, -0.1) is 11.3 Å². The Balaban J connectivity index is 1.88. The molecule has 12 heavy (non-hydrogen) atoms. The molecule has 2 nitrogen and oxygen atoms in total. The summed E-state index contributed by atoms with van der Waals surface area (Å²) >= 11 is 7.15. The Bertz CT molecular complexity index is 272. The van der Waals surface area contributed by atoms with Gasteiger partial charge in [-0.2, -0.15) is 0 Å². The van der Waals surface area contributed by atoms with Crippen molar-refractivity contribution in [1.29, 1.82) is 0 Å².